The molecule has 0 bridgehead atoms. The lowest BCUT2D eigenvalue weighted by molar-refractivity contribution is -0.151. The van der Waals surface area contributed by atoms with E-state index in [2.05, 4.69) is 88.7 Å². The van der Waals surface area contributed by atoms with E-state index in [0.717, 1.165) is 46.7 Å². The Morgan fingerprint density at radius 2 is 1.19 bits per heavy atom. The lowest BCUT2D eigenvalue weighted by Crippen LogP contribution is -2.31. The number of anilines is 1. The topological polar surface area (TPSA) is 128 Å². The standard InChI is InChI=1S/C28H33ClN4O3.C19H23Cl2N3O3/c1-27(2,3)34-15-17-14-19(24-23(17)35-28(4,5)36-24)21-12-13-22-25(31-26(29)32-33(21)22)30-20-11-10-16-8-6-7-9-18(16)20;1-18(2,3)25-9-10-8-11(15-14(10)26-19(4,5)27-15)12-6-7-13-16(20)22-17(21)23-24(12)13/h6-9,12-14,17,20,23-24H,10-11,15H2,1-5H3,(H,30,31,32);6-8,10,14-15H,9H2,1-5H3/t17-,20-,23-,24+;10-,14-,15+/m11/s1. The van der Waals surface area contributed by atoms with Crippen LogP contribution in [0, 0.1) is 11.8 Å². The van der Waals surface area contributed by atoms with Crippen LogP contribution in [0.4, 0.5) is 5.82 Å². The molecule has 0 saturated carbocycles. The molecule has 0 unspecified atom stereocenters. The van der Waals surface area contributed by atoms with Gasteiger partial charge in [-0.25, -0.2) is 14.0 Å². The lowest BCUT2D eigenvalue weighted by Gasteiger charge is -2.25. The van der Waals surface area contributed by atoms with Crippen molar-refractivity contribution >= 4 is 62.8 Å². The Labute approximate surface area is 383 Å². The van der Waals surface area contributed by atoms with E-state index < -0.39 is 11.6 Å². The molecule has 16 heteroatoms. The summed E-state index contributed by atoms with van der Waals surface area (Å²) in [6.45, 7) is 21.2. The van der Waals surface area contributed by atoms with Crippen LogP contribution >= 0.6 is 34.8 Å². The van der Waals surface area contributed by atoms with Crippen molar-refractivity contribution in [2.45, 2.75) is 135 Å². The number of nitrogens with one attached hydrogen (secondary N) is 1. The van der Waals surface area contributed by atoms with Crippen molar-refractivity contribution in [2.75, 3.05) is 18.5 Å². The second-order valence-corrected chi connectivity index (χ2v) is 20.9. The Bertz CT molecular complexity index is 2610. The molecule has 1 N–H and O–H groups in total. The molecule has 7 atom stereocenters. The van der Waals surface area contributed by atoms with Crippen LogP contribution in [-0.2, 0) is 34.8 Å². The molecule has 2 fully saturated rings. The lowest BCUT2D eigenvalue weighted by atomic mass is 10.1. The third kappa shape index (κ3) is 9.15. The highest BCUT2D eigenvalue weighted by Gasteiger charge is 2.52. The van der Waals surface area contributed by atoms with Crippen LogP contribution in [0.5, 0.6) is 0 Å². The molecule has 63 heavy (non-hydrogen) atoms. The fraction of sp³-hybridized carbons (Fsp3) is 0.532. The number of hydrogen-bond donors (Lipinski definition) is 1. The molecule has 0 amide bonds. The molecule has 0 radical (unpaired) electrons. The van der Waals surface area contributed by atoms with Crippen molar-refractivity contribution in [3.63, 3.8) is 0 Å². The van der Waals surface area contributed by atoms with Gasteiger partial charge in [-0.2, -0.15) is 4.98 Å². The summed E-state index contributed by atoms with van der Waals surface area (Å²) in [4.78, 5) is 8.57. The predicted molar refractivity (Wildman–Crippen MR) is 244 cm³/mol. The molecule has 1 aromatic carbocycles. The van der Waals surface area contributed by atoms with Crippen LogP contribution in [0.2, 0.25) is 15.7 Å². The quantitative estimate of drug-likeness (QED) is 0.160. The summed E-state index contributed by atoms with van der Waals surface area (Å²) in [5.41, 5.74) is 7.65. The third-order valence-electron chi connectivity index (χ3n) is 11.9. The van der Waals surface area contributed by atoms with Crippen LogP contribution in [0.3, 0.4) is 0 Å². The van der Waals surface area contributed by atoms with Crippen molar-refractivity contribution in [3.05, 3.63) is 98.9 Å². The summed E-state index contributed by atoms with van der Waals surface area (Å²) in [5.74, 6) is -0.455. The zero-order valence-corrected chi connectivity index (χ0v) is 39.7. The fourth-order valence-corrected chi connectivity index (χ4v) is 9.87. The first kappa shape index (κ1) is 44.6. The molecule has 13 nitrogen and oxygen atoms in total. The summed E-state index contributed by atoms with van der Waals surface area (Å²) < 4.78 is 40.9. The van der Waals surface area contributed by atoms with Gasteiger partial charge in [-0.1, -0.05) is 48.0 Å². The van der Waals surface area contributed by atoms with E-state index in [-0.39, 0.29) is 64.1 Å². The maximum absolute atomic E-state index is 6.45. The van der Waals surface area contributed by atoms with Gasteiger partial charge in [-0.3, -0.25) is 0 Å². The Morgan fingerprint density at radius 3 is 1.75 bits per heavy atom. The summed E-state index contributed by atoms with van der Waals surface area (Å²) in [5, 5.41) is 13.1. The minimum Gasteiger partial charge on any atom is -0.375 e. The highest BCUT2D eigenvalue weighted by molar-refractivity contribution is 6.34. The third-order valence-corrected chi connectivity index (χ3v) is 12.5. The smallest absolute Gasteiger partial charge is 0.243 e. The van der Waals surface area contributed by atoms with Crippen LogP contribution in [0.25, 0.3) is 22.2 Å². The van der Waals surface area contributed by atoms with Gasteiger partial charge in [-0.15, -0.1) is 10.2 Å². The van der Waals surface area contributed by atoms with E-state index in [4.69, 9.17) is 63.2 Å². The zero-order valence-electron chi connectivity index (χ0n) is 37.4. The van der Waals surface area contributed by atoms with E-state index in [1.54, 1.807) is 4.52 Å². The molecule has 2 aliphatic heterocycles. The first-order valence-electron chi connectivity index (χ1n) is 21.7. The molecular formula is C47H56Cl3N7O6. The van der Waals surface area contributed by atoms with Gasteiger partial charge in [0.1, 0.15) is 23.2 Å². The Kier molecular flexibility index (Phi) is 11.6. The highest BCUT2D eigenvalue weighted by atomic mass is 35.5. The largest absolute Gasteiger partial charge is 0.375 e. The fourth-order valence-electron chi connectivity index (χ4n) is 9.29. The first-order valence-corrected chi connectivity index (χ1v) is 22.8. The van der Waals surface area contributed by atoms with E-state index in [1.807, 2.05) is 71.2 Å². The van der Waals surface area contributed by atoms with Gasteiger partial charge in [-0.05, 0) is 141 Å². The predicted octanol–water partition coefficient (Wildman–Crippen LogP) is 10.2. The van der Waals surface area contributed by atoms with Crippen molar-refractivity contribution in [1.29, 1.82) is 0 Å². The molecule has 10 rings (SSSR count). The number of hydrogen-bond acceptors (Lipinski definition) is 11. The van der Waals surface area contributed by atoms with Gasteiger partial charge >= 0.3 is 0 Å². The minimum atomic E-state index is -0.670. The highest BCUT2D eigenvalue weighted by Crippen LogP contribution is 2.47. The van der Waals surface area contributed by atoms with E-state index in [9.17, 15) is 0 Å². The van der Waals surface area contributed by atoms with Gasteiger partial charge in [0, 0.05) is 23.0 Å². The molecule has 4 aromatic heterocycles. The van der Waals surface area contributed by atoms with Crippen molar-refractivity contribution in [1.82, 2.24) is 29.2 Å². The van der Waals surface area contributed by atoms with Crippen LogP contribution in [0.1, 0.15) is 104 Å². The SMILES string of the molecule is CC(C)(C)OC[C@H]1C=C(c2ccc3c(Cl)nc(Cl)nn23)[C@@H]2OC(C)(C)O[C@H]12.CC(C)(C)OC[C@H]1C=C(c2ccc3c(N[C@@H]4CCc5ccccc54)nc(Cl)nn23)[C@@H]2OC(C)(C)O[C@H]12. The average Bonchev–Trinajstić information content (AvgIpc) is 4.05. The molecule has 5 aromatic rings. The summed E-state index contributed by atoms with van der Waals surface area (Å²) in [6, 6.07) is 16.7. The molecular weight excluding hydrogens is 865 g/mol. The van der Waals surface area contributed by atoms with Crippen LogP contribution in [0.15, 0.2) is 60.7 Å². The van der Waals surface area contributed by atoms with E-state index in [1.165, 1.54) is 11.1 Å². The number of halogens is 3. The number of rotatable bonds is 8. The normalized spacial score (nSPS) is 27.0. The van der Waals surface area contributed by atoms with Gasteiger partial charge < -0.3 is 33.7 Å². The van der Waals surface area contributed by atoms with E-state index in [0.29, 0.717) is 23.9 Å². The number of aryl methyl sites for hydroxylation is 1. The molecule has 0 spiro atoms. The molecule has 6 heterocycles. The summed E-state index contributed by atoms with van der Waals surface area (Å²) >= 11 is 18.7. The van der Waals surface area contributed by atoms with Gasteiger partial charge in [0.15, 0.2) is 22.5 Å². The number of benzene rings is 1. The maximum atomic E-state index is 6.45. The van der Waals surface area contributed by atoms with Crippen molar-refractivity contribution in [3.8, 4) is 0 Å². The average molecular weight is 921 g/mol. The first-order chi connectivity index (χ1) is 29.6. The van der Waals surface area contributed by atoms with Gasteiger partial charge in [0.05, 0.1) is 54.1 Å². The Hall–Kier alpha value is -3.63. The summed E-state index contributed by atoms with van der Waals surface area (Å²) in [6.07, 6.45) is 5.79. The maximum Gasteiger partial charge on any atom is 0.243 e. The second kappa shape index (κ2) is 16.4. The molecule has 5 aliphatic rings. The summed E-state index contributed by atoms with van der Waals surface area (Å²) in [7, 11) is 0. The number of aromatic nitrogens is 6. The molecule has 3 aliphatic carbocycles. The number of nitrogens with zero attached hydrogens (tertiary/aromatic N) is 6. The Balaban J connectivity index is 0.000000167. The van der Waals surface area contributed by atoms with E-state index >= 15 is 0 Å². The van der Waals surface area contributed by atoms with Crippen LogP contribution in [-0.4, -0.2) is 89.6 Å². The van der Waals surface area contributed by atoms with Crippen molar-refractivity contribution in [2.24, 2.45) is 11.8 Å². The Morgan fingerprint density at radius 1 is 0.683 bits per heavy atom. The monoisotopic (exact) mass is 919 g/mol. The van der Waals surface area contributed by atoms with Gasteiger partial charge in [0.25, 0.3) is 0 Å². The van der Waals surface area contributed by atoms with Crippen molar-refractivity contribution < 1.29 is 28.4 Å². The number of ether oxygens (including phenoxy) is 6. The molecule has 2 saturated heterocycles. The zero-order chi connectivity index (χ0) is 44.8. The van der Waals surface area contributed by atoms with Gasteiger partial charge in [0.2, 0.25) is 10.6 Å². The van der Waals surface area contributed by atoms with Crippen LogP contribution < -0.4 is 5.32 Å². The minimum absolute atomic E-state index is 0.0708. The molecule has 336 valence electrons. The number of fused-ring (bicyclic) bond motifs is 5. The second-order valence-electron chi connectivity index (χ2n) is 19.8.